The molecule has 6 heteroatoms. The predicted octanol–water partition coefficient (Wildman–Crippen LogP) is 0.330. The first-order chi connectivity index (χ1) is 8.03. The minimum absolute atomic E-state index is 0.423. The molecular weight excluding hydrogens is 240 g/mol. The number of sulfonamides is 1. The largest absolute Gasteiger partial charge is 0.385 e. The molecule has 0 heterocycles. The number of hydrogen-bond acceptors (Lipinski definition) is 4. The number of ether oxygens (including phenoxy) is 1. The van der Waals surface area contributed by atoms with E-state index in [0.29, 0.717) is 18.5 Å². The van der Waals surface area contributed by atoms with E-state index in [1.54, 1.807) is 7.11 Å². The van der Waals surface area contributed by atoms with Crippen LogP contribution in [0.25, 0.3) is 0 Å². The Kier molecular flexibility index (Phi) is 6.40. The molecule has 17 heavy (non-hydrogen) atoms. The first-order valence-corrected chi connectivity index (χ1v) is 8.09. The minimum Gasteiger partial charge on any atom is -0.385 e. The average molecular weight is 264 g/mol. The summed E-state index contributed by atoms with van der Waals surface area (Å²) < 4.78 is 29.7. The Labute approximate surface area is 104 Å². The Morgan fingerprint density at radius 1 is 1.35 bits per heavy atom. The summed E-state index contributed by atoms with van der Waals surface area (Å²) in [4.78, 5) is 0. The lowest BCUT2D eigenvalue weighted by atomic mass is 10.0. The van der Waals surface area contributed by atoms with Crippen molar-refractivity contribution in [3.63, 3.8) is 0 Å². The first-order valence-electron chi connectivity index (χ1n) is 6.20. The zero-order valence-electron chi connectivity index (χ0n) is 10.7. The zero-order chi connectivity index (χ0) is 12.7. The maximum absolute atomic E-state index is 11.0. The minimum atomic E-state index is -3.06. The van der Waals surface area contributed by atoms with E-state index in [0.717, 1.165) is 32.4 Å². The summed E-state index contributed by atoms with van der Waals surface area (Å²) >= 11 is 0. The van der Waals surface area contributed by atoms with E-state index in [4.69, 9.17) is 4.74 Å². The number of nitrogens with one attached hydrogen (secondary N) is 2. The molecule has 0 radical (unpaired) electrons. The summed E-state index contributed by atoms with van der Waals surface area (Å²) in [5, 5.41) is 3.49. The van der Waals surface area contributed by atoms with Crippen LogP contribution in [0, 0.1) is 5.92 Å². The van der Waals surface area contributed by atoms with Gasteiger partial charge in [0.05, 0.1) is 6.26 Å². The monoisotopic (exact) mass is 264 g/mol. The van der Waals surface area contributed by atoms with Gasteiger partial charge in [0, 0.05) is 26.3 Å². The van der Waals surface area contributed by atoms with Crippen LogP contribution in [-0.4, -0.2) is 47.5 Å². The highest BCUT2D eigenvalue weighted by Crippen LogP contribution is 2.25. The Balaban J connectivity index is 2.24. The van der Waals surface area contributed by atoms with Crippen LogP contribution in [0.5, 0.6) is 0 Å². The summed E-state index contributed by atoms with van der Waals surface area (Å²) in [7, 11) is -1.36. The molecule has 0 saturated heterocycles. The van der Waals surface area contributed by atoms with Crippen LogP contribution in [0.4, 0.5) is 0 Å². The molecule has 2 atom stereocenters. The van der Waals surface area contributed by atoms with Gasteiger partial charge in [-0.2, -0.15) is 0 Å². The smallest absolute Gasteiger partial charge is 0.208 e. The molecule has 102 valence electrons. The maximum atomic E-state index is 11.0. The van der Waals surface area contributed by atoms with E-state index in [1.165, 1.54) is 12.7 Å². The molecule has 1 saturated carbocycles. The van der Waals surface area contributed by atoms with Crippen molar-refractivity contribution < 1.29 is 13.2 Å². The van der Waals surface area contributed by atoms with Gasteiger partial charge in [-0.1, -0.05) is 6.42 Å². The first kappa shape index (κ1) is 14.9. The number of methoxy groups -OCH3 is 1. The third-order valence-corrected chi connectivity index (χ3v) is 3.89. The molecule has 0 spiro atoms. The molecule has 0 aromatic rings. The van der Waals surface area contributed by atoms with Gasteiger partial charge >= 0.3 is 0 Å². The fraction of sp³-hybridized carbons (Fsp3) is 1.00. The van der Waals surface area contributed by atoms with Gasteiger partial charge in [0.2, 0.25) is 10.0 Å². The number of hydrogen-bond donors (Lipinski definition) is 2. The summed E-state index contributed by atoms with van der Waals surface area (Å²) in [5.74, 6) is 0.423. The molecule has 1 aliphatic carbocycles. The van der Waals surface area contributed by atoms with Crippen molar-refractivity contribution in [3.8, 4) is 0 Å². The summed E-state index contributed by atoms with van der Waals surface area (Å²) in [6.45, 7) is 2.26. The van der Waals surface area contributed by atoms with Crippen molar-refractivity contribution in [2.24, 2.45) is 5.92 Å². The van der Waals surface area contributed by atoms with Crippen molar-refractivity contribution in [2.75, 3.05) is 33.1 Å². The highest BCUT2D eigenvalue weighted by atomic mass is 32.2. The highest BCUT2D eigenvalue weighted by Gasteiger charge is 2.26. The predicted molar refractivity (Wildman–Crippen MR) is 68.5 cm³/mol. The lowest BCUT2D eigenvalue weighted by Crippen LogP contribution is -2.39. The second-order valence-electron chi connectivity index (χ2n) is 4.72. The van der Waals surface area contributed by atoms with Crippen molar-refractivity contribution in [1.82, 2.24) is 10.0 Å². The molecule has 0 unspecified atom stereocenters. The van der Waals surface area contributed by atoms with Crippen molar-refractivity contribution >= 4 is 10.0 Å². The molecule has 0 bridgehead atoms. The van der Waals surface area contributed by atoms with Crippen molar-refractivity contribution in [3.05, 3.63) is 0 Å². The lowest BCUT2D eigenvalue weighted by molar-refractivity contribution is 0.192. The second-order valence-corrected chi connectivity index (χ2v) is 6.55. The van der Waals surface area contributed by atoms with Gasteiger partial charge < -0.3 is 10.1 Å². The van der Waals surface area contributed by atoms with Crippen LogP contribution in [0.15, 0.2) is 0 Å². The van der Waals surface area contributed by atoms with Crippen LogP contribution in [0.1, 0.15) is 25.7 Å². The lowest BCUT2D eigenvalue weighted by Gasteiger charge is -2.21. The van der Waals surface area contributed by atoms with Gasteiger partial charge in [-0.25, -0.2) is 13.1 Å². The fourth-order valence-corrected chi connectivity index (χ4v) is 2.83. The van der Waals surface area contributed by atoms with Crippen LogP contribution in [-0.2, 0) is 14.8 Å². The van der Waals surface area contributed by atoms with Gasteiger partial charge in [-0.05, 0) is 31.7 Å². The zero-order valence-corrected chi connectivity index (χ0v) is 11.6. The van der Waals surface area contributed by atoms with Crippen molar-refractivity contribution in [1.29, 1.82) is 0 Å². The average Bonchev–Trinajstić information content (AvgIpc) is 2.68. The third-order valence-electron chi connectivity index (χ3n) is 3.20. The summed E-state index contributed by atoms with van der Waals surface area (Å²) in [5.41, 5.74) is 0. The van der Waals surface area contributed by atoms with Gasteiger partial charge in [-0.3, -0.25) is 0 Å². The van der Waals surface area contributed by atoms with Crippen LogP contribution in [0.3, 0.4) is 0 Å². The van der Waals surface area contributed by atoms with Crippen LogP contribution < -0.4 is 10.0 Å². The quantitative estimate of drug-likeness (QED) is 0.620. The maximum Gasteiger partial charge on any atom is 0.208 e. The Bertz CT molecular complexity index is 306. The standard InChI is InChI=1S/C11H24N2O3S/c1-16-8-4-7-12-11-6-3-5-10(11)9-13-17(2,14)15/h10-13H,3-9H2,1-2H3/t10-,11-/m1/s1. The van der Waals surface area contributed by atoms with Gasteiger partial charge in [-0.15, -0.1) is 0 Å². The molecular formula is C11H24N2O3S. The molecule has 5 nitrogen and oxygen atoms in total. The highest BCUT2D eigenvalue weighted by molar-refractivity contribution is 7.88. The van der Waals surface area contributed by atoms with Crippen molar-refractivity contribution in [2.45, 2.75) is 31.7 Å². The van der Waals surface area contributed by atoms with Crippen LogP contribution >= 0.6 is 0 Å². The normalized spacial score (nSPS) is 25.3. The van der Waals surface area contributed by atoms with E-state index in [9.17, 15) is 8.42 Å². The Morgan fingerprint density at radius 3 is 2.76 bits per heavy atom. The van der Waals surface area contributed by atoms with E-state index < -0.39 is 10.0 Å². The molecule has 0 aromatic carbocycles. The topological polar surface area (TPSA) is 67.4 Å². The summed E-state index contributed by atoms with van der Waals surface area (Å²) in [6, 6.07) is 0.445. The van der Waals surface area contributed by atoms with Gasteiger partial charge in [0.15, 0.2) is 0 Å². The molecule has 1 fully saturated rings. The number of rotatable bonds is 8. The third kappa shape index (κ3) is 6.35. The van der Waals surface area contributed by atoms with E-state index >= 15 is 0 Å². The molecule has 0 amide bonds. The Hall–Kier alpha value is -0.170. The molecule has 1 rings (SSSR count). The molecule has 0 aliphatic heterocycles. The fourth-order valence-electron chi connectivity index (χ4n) is 2.31. The SMILES string of the molecule is COCCCN[C@@H]1CCC[C@@H]1CNS(C)(=O)=O. The van der Waals surface area contributed by atoms with Crippen LogP contribution in [0.2, 0.25) is 0 Å². The molecule has 0 aromatic heterocycles. The Morgan fingerprint density at radius 2 is 2.12 bits per heavy atom. The van der Waals surface area contributed by atoms with E-state index in [-0.39, 0.29) is 0 Å². The molecule has 1 aliphatic rings. The van der Waals surface area contributed by atoms with Gasteiger partial charge in [0.25, 0.3) is 0 Å². The summed E-state index contributed by atoms with van der Waals surface area (Å²) in [6.07, 6.45) is 5.63. The van der Waals surface area contributed by atoms with Gasteiger partial charge in [0.1, 0.15) is 0 Å². The second kappa shape index (κ2) is 7.31. The van der Waals surface area contributed by atoms with E-state index in [1.807, 2.05) is 0 Å². The molecule has 2 N–H and O–H groups in total. The van der Waals surface area contributed by atoms with E-state index in [2.05, 4.69) is 10.0 Å².